The predicted octanol–water partition coefficient (Wildman–Crippen LogP) is 25.1. The van der Waals surface area contributed by atoms with Gasteiger partial charge in [-0.25, -0.2) is 4.79 Å². The molecule has 22 N–H and O–H groups in total. The first-order valence-electron chi connectivity index (χ1n) is 42.6. The monoisotopic (exact) mass is 2870 g/mol. The second kappa shape index (κ2) is 118. The zero-order valence-electron chi connectivity index (χ0n) is 76.7. The Morgan fingerprint density at radius 3 is 0.750 bits per heavy atom. The molecule has 0 aromatic carbocycles. The summed E-state index contributed by atoms with van der Waals surface area (Å²) in [6.07, 6.45) is 50.9. The summed E-state index contributed by atoms with van der Waals surface area (Å²) in [5, 5.41) is 97.6. The fourth-order valence-electron chi connectivity index (χ4n) is 11.7. The van der Waals surface area contributed by atoms with Crippen LogP contribution in [0, 0.1) is 63.7 Å². The predicted molar refractivity (Wildman–Crippen MR) is 480 cm³/mol. The van der Waals surface area contributed by atoms with Gasteiger partial charge in [0.2, 0.25) is 0 Å². The number of aliphatic hydroxyl groups excluding tert-OH is 4. The number of unbranched alkanes of at least 4 members (excludes halogenated alkanes) is 27. The fraction of sp³-hybridized carbons (Fsp3) is 0.818. The van der Waals surface area contributed by atoms with Crippen LogP contribution in [0.15, 0.2) is 24.7 Å². The molecule has 0 aromatic rings. The zero-order valence-corrected chi connectivity index (χ0v) is 90.3. The molecule has 0 aromatic heterocycles. The minimum atomic E-state index is -1.44. The number of ether oxygens (including phenoxy) is 2. The van der Waals surface area contributed by atoms with E-state index in [0.29, 0.717) is 68.4 Å². The molecule has 124 heavy (non-hydrogen) atoms. The van der Waals surface area contributed by atoms with E-state index in [9.17, 15) is 28.8 Å². The van der Waals surface area contributed by atoms with Crippen LogP contribution in [0.3, 0.4) is 0 Å². The van der Waals surface area contributed by atoms with Crippen molar-refractivity contribution in [2.24, 2.45) is 35.0 Å². The van der Waals surface area contributed by atoms with Crippen molar-refractivity contribution in [3.05, 3.63) is 100 Å². The van der Waals surface area contributed by atoms with Crippen LogP contribution < -0.4 is 0 Å². The third-order valence-electron chi connectivity index (χ3n) is 19.2. The summed E-state index contributed by atoms with van der Waals surface area (Å²) >= 11 is 0. The molecular weight excluding hydrogens is 2690 g/mol. The van der Waals surface area contributed by atoms with Crippen molar-refractivity contribution >= 4 is 47.8 Å². The number of carboxylic acids is 8. The van der Waals surface area contributed by atoms with Gasteiger partial charge in [0, 0.05) is 38.5 Å². The molecule has 5 fully saturated rings. The second-order valence-corrected chi connectivity index (χ2v) is 30.5. The van der Waals surface area contributed by atoms with E-state index in [-0.39, 0.29) is 234 Å². The number of carboxylic acid groups (broad SMARTS) is 8. The SMILES string of the molecule is C=C(O)CC(=O)O.C=C(O)C[C@H](C)O.CC(=O)O.CC(C)C1O[C@H](C[NH-])[C@@H](C[NH-])O1.CCCCCCCCCCC(=O)O.CCCCCCCCCCCCCC(=O)O.CCCCCCCCCCCCCC(=O)O.O=C(O)C1(C(=O)O)CCC1.O=C(O)CO.[CH2-][C@@H]1CCCC[C@H]1[NH-].[CH2-][C@@H]1CCCC[C@H]1[NH-].[CH3-].[CH3-].[NH-]CC1CCC1C[NH-].[NH2-].[NH2-].[Pt+2].[Pt+2].[Pt+2].[Pt+2].[Pt+2].[Pt+2]. The van der Waals surface area contributed by atoms with Gasteiger partial charge in [0.15, 0.2) is 11.7 Å². The largest absolute Gasteiger partial charge is 2.00 e. The summed E-state index contributed by atoms with van der Waals surface area (Å²) in [4.78, 5) is 79.1. The van der Waals surface area contributed by atoms with E-state index in [1.165, 1.54) is 205 Å². The third-order valence-corrected chi connectivity index (χ3v) is 19.2. The Bertz CT molecular complexity index is 2210. The molecule has 4 saturated carbocycles. The molecule has 0 amide bonds. The van der Waals surface area contributed by atoms with Crippen LogP contribution in [0.25, 0.3) is 46.7 Å². The van der Waals surface area contributed by atoms with Crippen LogP contribution in [0.2, 0.25) is 0 Å². The average molecular weight is 2870 g/mol. The van der Waals surface area contributed by atoms with Crippen molar-refractivity contribution in [2.45, 2.75) is 393 Å². The van der Waals surface area contributed by atoms with Crippen molar-refractivity contribution in [3.8, 4) is 0 Å². The Morgan fingerprint density at radius 2 is 0.645 bits per heavy atom. The molecular formula is C88H174N8O22Pt6. The maximum atomic E-state index is 10.4. The minimum Gasteiger partial charge on any atom is -0.693 e. The first-order valence-corrected chi connectivity index (χ1v) is 42.6. The standard InChI is InChI=1S/2C14H28O2.C11H22O2.C8H16N2O2.2C7H13N.C6H12N2.C6H8O4.C5H10O2.C4H6O3.C2H4O3.C2H4O2.2CH3.2H2N.6Pt/c2*1-2-3-4-5-6-7-8-9-10-11-12-13-14(15)16;1-2-3-4-5-6-7-8-9-10-11(12)13;1-5(2)8-11-6(3-9)7(4-10)12-8;2*1-6-4-2-3-5-7(6)8;7-3-5-1-2-6(5)4-8;7-4(8)6(5(9)10)2-1-3-6;1-4(6)3-5(2)7;1-3(5)2-4(6)7;3-1-2(4)5;1-2(3)4;;;;;;;;;;/h2*2-13H2,1H3,(H,15,16);2-10H2,1H3,(H,12,13);5-10H,3-4H2,1-2H3;2*6-8H,1-5H2;5-8H,1-4H2;1-3H2,(H,7,8)(H,9,10);5-7H,1,3H2,2H3;5H,1-2H2,(H,6,7);3H,1H2,(H,4,5);1H3,(H,3,4);2*1H3;2*1H2;;;;;;/q;;;4*-2;;;;;;4*-1;6*+2/t;;;3*6-,7-;;;5-;;;;;;;;;;;;;/m...111..0............./s1. The molecule has 0 radical (unpaired) electrons. The van der Waals surface area contributed by atoms with Crippen LogP contribution >= 0.6 is 0 Å². The zero-order chi connectivity index (χ0) is 88.5. The van der Waals surface area contributed by atoms with Gasteiger partial charge < -0.3 is 146 Å². The summed E-state index contributed by atoms with van der Waals surface area (Å²) in [6, 6.07) is 0.285. The van der Waals surface area contributed by atoms with Crippen LogP contribution in [0.1, 0.15) is 357 Å². The second-order valence-electron chi connectivity index (χ2n) is 30.5. The average Bonchev–Trinajstić information content (AvgIpc) is 0.973. The topological polar surface area (TPSA) is 608 Å². The number of carbonyl (C=O) groups is 8. The Labute approximate surface area is 837 Å². The number of aliphatic carboxylic acids is 8. The van der Waals surface area contributed by atoms with E-state index < -0.39 is 65.9 Å². The van der Waals surface area contributed by atoms with E-state index in [1.807, 2.05) is 13.8 Å². The number of nitrogens with two attached hydrogens (primary N) is 2. The van der Waals surface area contributed by atoms with Gasteiger partial charge in [0.25, 0.3) is 5.97 Å². The Morgan fingerprint density at radius 1 is 0.403 bits per heavy atom. The molecule has 5 aliphatic rings. The van der Waals surface area contributed by atoms with Crippen molar-refractivity contribution in [2.75, 3.05) is 32.8 Å². The van der Waals surface area contributed by atoms with Gasteiger partial charge in [-0.05, 0) is 45.4 Å². The molecule has 758 valence electrons. The molecule has 36 heteroatoms. The summed E-state index contributed by atoms with van der Waals surface area (Å²) in [5.74, 6) is -5.45. The van der Waals surface area contributed by atoms with E-state index in [1.54, 1.807) is 6.92 Å². The molecule has 9 atom stereocenters. The molecule has 5 rings (SSSR count). The molecule has 30 nitrogen and oxygen atoms in total. The van der Waals surface area contributed by atoms with Gasteiger partial charge >= 0.3 is 168 Å². The number of rotatable bonds is 45. The van der Waals surface area contributed by atoms with Gasteiger partial charge in [-0.15, -0.1) is 26.2 Å². The molecule has 4 aliphatic carbocycles. The summed E-state index contributed by atoms with van der Waals surface area (Å²) in [5.41, 5.74) is 41.8. The van der Waals surface area contributed by atoms with Crippen LogP contribution in [0.4, 0.5) is 0 Å². The van der Waals surface area contributed by atoms with E-state index >= 15 is 0 Å². The van der Waals surface area contributed by atoms with Gasteiger partial charge in [0.05, 0.1) is 29.8 Å². The first-order chi connectivity index (χ1) is 53.8. The van der Waals surface area contributed by atoms with Crippen molar-refractivity contribution in [3.63, 3.8) is 0 Å². The smallest absolute Gasteiger partial charge is 0.693 e. The molecule has 1 aliphatic heterocycles. The Kier molecular flexibility index (Phi) is 154. The van der Waals surface area contributed by atoms with Gasteiger partial charge in [-0.1, -0.05) is 297 Å². The number of hydrogen-bond acceptors (Lipinski definition) is 14. The quantitative estimate of drug-likeness (QED) is 0.0117. The summed E-state index contributed by atoms with van der Waals surface area (Å²) in [6.45, 7) is 28.0. The van der Waals surface area contributed by atoms with E-state index in [4.69, 9.17) is 115 Å². The summed E-state index contributed by atoms with van der Waals surface area (Å²) < 4.78 is 10.9. The van der Waals surface area contributed by atoms with Gasteiger partial charge in [-0.2, -0.15) is 23.9 Å². The minimum absolute atomic E-state index is 0. The van der Waals surface area contributed by atoms with Crippen molar-refractivity contribution in [1.29, 1.82) is 0 Å². The normalized spacial score (nSPS) is 17.8. The van der Waals surface area contributed by atoms with Gasteiger partial charge in [-0.3, -0.25) is 33.6 Å². The summed E-state index contributed by atoms with van der Waals surface area (Å²) in [7, 11) is 0. The Hall–Kier alpha value is -1.51. The molecule has 0 bridgehead atoms. The van der Waals surface area contributed by atoms with E-state index in [2.05, 4.69) is 47.8 Å². The first kappa shape index (κ1) is 162. The van der Waals surface area contributed by atoms with Crippen LogP contribution in [0.5, 0.6) is 0 Å². The van der Waals surface area contributed by atoms with Crippen molar-refractivity contribution in [1.82, 2.24) is 0 Å². The number of nitrogens with one attached hydrogen (secondary N) is 6. The van der Waals surface area contributed by atoms with Crippen LogP contribution in [-0.2, 0) is 174 Å². The fourth-order valence-corrected chi connectivity index (χ4v) is 11.7. The van der Waals surface area contributed by atoms with Gasteiger partial charge in [0.1, 0.15) is 13.0 Å². The third kappa shape index (κ3) is 120. The maximum absolute atomic E-state index is 10.4. The van der Waals surface area contributed by atoms with E-state index in [0.717, 1.165) is 58.3 Å². The van der Waals surface area contributed by atoms with Crippen molar-refractivity contribution < 1.29 is 235 Å². The number of hydrogen-bond donors (Lipinski definition) is 12. The molecule has 2 unspecified atom stereocenters. The molecule has 1 saturated heterocycles. The maximum Gasteiger partial charge on any atom is 2.00 e. The van der Waals surface area contributed by atoms with Crippen LogP contribution in [-0.4, -0.2) is 179 Å². The molecule has 0 spiro atoms. The number of aliphatic hydroxyl groups is 4. The molecule has 1 heterocycles. The Balaban J connectivity index is -0.0000000677.